The third-order valence-corrected chi connectivity index (χ3v) is 5.05. The first-order valence-corrected chi connectivity index (χ1v) is 7.15. The van der Waals surface area contributed by atoms with Gasteiger partial charge in [0.05, 0.1) is 9.71 Å². The Morgan fingerprint density at radius 1 is 1.25 bits per heavy atom. The summed E-state index contributed by atoms with van der Waals surface area (Å²) in [6, 6.07) is 10.1. The van der Waals surface area contributed by atoms with Crippen molar-refractivity contribution in [2.24, 2.45) is 0 Å². The van der Waals surface area contributed by atoms with Crippen molar-refractivity contribution in [2.75, 3.05) is 0 Å². The highest BCUT2D eigenvalue weighted by atomic mass is 79.9. The van der Waals surface area contributed by atoms with Crippen molar-refractivity contribution in [1.29, 1.82) is 0 Å². The molecular weight excluding hydrogens is 327 g/mol. The van der Waals surface area contributed by atoms with Gasteiger partial charge in [-0.05, 0) is 36.2 Å². The van der Waals surface area contributed by atoms with Crippen LogP contribution in [-0.2, 0) is 0 Å². The van der Waals surface area contributed by atoms with Crippen molar-refractivity contribution in [2.45, 2.75) is 12.3 Å². The second-order valence-electron chi connectivity index (χ2n) is 3.52. The Hall–Kier alpha value is -0.0200. The van der Waals surface area contributed by atoms with E-state index < -0.39 is 0 Å². The van der Waals surface area contributed by atoms with Gasteiger partial charge in [0.15, 0.2) is 0 Å². The Morgan fingerprint density at radius 3 is 2.38 bits per heavy atom. The highest BCUT2D eigenvalue weighted by molar-refractivity contribution is 9.10. The maximum Gasteiger partial charge on any atom is 0.0960 e. The van der Waals surface area contributed by atoms with E-state index in [1.54, 1.807) is 11.3 Å². The quantitative estimate of drug-likeness (QED) is 0.608. The lowest BCUT2D eigenvalue weighted by Gasteiger charge is -2.07. The van der Waals surface area contributed by atoms with E-state index in [1.807, 2.05) is 37.3 Å². The van der Waals surface area contributed by atoms with E-state index >= 15 is 0 Å². The minimum Gasteiger partial charge on any atom is -0.126 e. The molecule has 0 aliphatic rings. The molecular formula is C12H9BrCl2S. The summed E-state index contributed by atoms with van der Waals surface area (Å²) in [5.74, 6) is 0. The Morgan fingerprint density at radius 2 is 1.88 bits per heavy atom. The van der Waals surface area contributed by atoms with Gasteiger partial charge in [0.25, 0.3) is 0 Å². The number of aryl methyl sites for hydroxylation is 1. The molecule has 1 heterocycles. The minimum absolute atomic E-state index is 0.121. The zero-order valence-electron chi connectivity index (χ0n) is 8.51. The van der Waals surface area contributed by atoms with Crippen molar-refractivity contribution >= 4 is 50.5 Å². The van der Waals surface area contributed by atoms with Crippen LogP contribution in [0.1, 0.15) is 21.4 Å². The largest absolute Gasteiger partial charge is 0.126 e. The molecule has 0 saturated heterocycles. The predicted octanol–water partition coefficient (Wildman–Crippen LogP) is 5.80. The molecule has 0 nitrogen and oxygen atoms in total. The molecule has 0 amide bonds. The summed E-state index contributed by atoms with van der Waals surface area (Å²) in [6.45, 7) is 1.99. The smallest absolute Gasteiger partial charge is 0.0960 e. The van der Waals surface area contributed by atoms with E-state index in [2.05, 4.69) is 15.9 Å². The third-order valence-electron chi connectivity index (χ3n) is 2.29. The van der Waals surface area contributed by atoms with Crippen LogP contribution in [0.4, 0.5) is 0 Å². The molecule has 0 aliphatic heterocycles. The van der Waals surface area contributed by atoms with Crippen molar-refractivity contribution in [3.8, 4) is 0 Å². The Balaban J connectivity index is 2.31. The molecule has 1 aromatic heterocycles. The lowest BCUT2D eigenvalue weighted by molar-refractivity contribution is 1.18. The molecule has 2 rings (SSSR count). The first kappa shape index (κ1) is 12.4. The summed E-state index contributed by atoms with van der Waals surface area (Å²) in [6.07, 6.45) is 0. The van der Waals surface area contributed by atoms with Crippen LogP contribution in [0.25, 0.3) is 0 Å². The maximum absolute atomic E-state index is 6.41. The van der Waals surface area contributed by atoms with E-state index in [9.17, 15) is 0 Å². The number of hydrogen-bond donors (Lipinski definition) is 0. The molecule has 0 saturated carbocycles. The molecule has 84 valence electrons. The van der Waals surface area contributed by atoms with Gasteiger partial charge in [-0.1, -0.05) is 39.7 Å². The average molecular weight is 336 g/mol. The minimum atomic E-state index is -0.121. The van der Waals surface area contributed by atoms with E-state index in [-0.39, 0.29) is 5.38 Å². The van der Waals surface area contributed by atoms with Crippen LogP contribution in [0.3, 0.4) is 0 Å². The van der Waals surface area contributed by atoms with Crippen molar-refractivity contribution in [1.82, 2.24) is 0 Å². The van der Waals surface area contributed by atoms with Gasteiger partial charge in [-0.15, -0.1) is 22.9 Å². The highest BCUT2D eigenvalue weighted by Gasteiger charge is 2.14. The van der Waals surface area contributed by atoms with Crippen LogP contribution in [0.5, 0.6) is 0 Å². The predicted molar refractivity (Wildman–Crippen MR) is 75.9 cm³/mol. The van der Waals surface area contributed by atoms with Crippen molar-refractivity contribution < 1.29 is 0 Å². The Labute approximate surface area is 117 Å². The summed E-state index contributed by atoms with van der Waals surface area (Å²) in [5, 5.41) is -0.121. The van der Waals surface area contributed by atoms with Gasteiger partial charge in [-0.3, -0.25) is 0 Å². The standard InChI is InChI=1S/C12H9BrCl2S/c1-7-6-10(16-12(7)15)11(14)8-2-4-9(13)5-3-8/h2-6,11H,1H3. The first-order valence-electron chi connectivity index (χ1n) is 4.73. The van der Waals surface area contributed by atoms with Gasteiger partial charge in [0.2, 0.25) is 0 Å². The maximum atomic E-state index is 6.41. The summed E-state index contributed by atoms with van der Waals surface area (Å²) in [5.41, 5.74) is 2.17. The number of halogens is 3. The average Bonchev–Trinajstić information content (AvgIpc) is 2.59. The summed E-state index contributed by atoms with van der Waals surface area (Å²) < 4.78 is 1.87. The summed E-state index contributed by atoms with van der Waals surface area (Å²) in [4.78, 5) is 1.09. The van der Waals surface area contributed by atoms with Gasteiger partial charge in [-0.25, -0.2) is 0 Å². The molecule has 0 spiro atoms. The monoisotopic (exact) mass is 334 g/mol. The Kier molecular flexibility index (Phi) is 3.96. The molecule has 0 bridgehead atoms. The number of alkyl halides is 1. The number of benzene rings is 1. The molecule has 0 fully saturated rings. The second kappa shape index (κ2) is 5.09. The second-order valence-corrected chi connectivity index (χ2v) is 6.56. The number of hydrogen-bond acceptors (Lipinski definition) is 1. The van der Waals surface area contributed by atoms with E-state index in [0.29, 0.717) is 0 Å². The number of rotatable bonds is 2. The fourth-order valence-corrected chi connectivity index (χ4v) is 3.23. The zero-order chi connectivity index (χ0) is 11.7. The molecule has 0 radical (unpaired) electrons. The van der Waals surface area contributed by atoms with E-state index in [4.69, 9.17) is 23.2 Å². The van der Waals surface area contributed by atoms with Gasteiger partial charge in [0, 0.05) is 9.35 Å². The summed E-state index contributed by atoms with van der Waals surface area (Å²) in [7, 11) is 0. The third kappa shape index (κ3) is 2.62. The van der Waals surface area contributed by atoms with Crippen molar-refractivity contribution in [3.05, 3.63) is 55.1 Å². The van der Waals surface area contributed by atoms with Gasteiger partial charge in [-0.2, -0.15) is 0 Å². The van der Waals surface area contributed by atoms with Crippen LogP contribution < -0.4 is 0 Å². The van der Waals surface area contributed by atoms with Crippen LogP contribution in [-0.4, -0.2) is 0 Å². The van der Waals surface area contributed by atoms with E-state index in [0.717, 1.165) is 24.8 Å². The normalized spacial score (nSPS) is 12.8. The molecule has 1 aromatic carbocycles. The molecule has 16 heavy (non-hydrogen) atoms. The van der Waals surface area contributed by atoms with Gasteiger partial charge >= 0.3 is 0 Å². The van der Waals surface area contributed by atoms with E-state index in [1.165, 1.54) is 0 Å². The Bertz CT molecular complexity index is 471. The lowest BCUT2D eigenvalue weighted by Crippen LogP contribution is -1.89. The highest BCUT2D eigenvalue weighted by Crippen LogP contribution is 2.37. The number of thiophene rings is 1. The lowest BCUT2D eigenvalue weighted by atomic mass is 10.1. The fourth-order valence-electron chi connectivity index (χ4n) is 1.40. The molecule has 2 aromatic rings. The topological polar surface area (TPSA) is 0 Å². The molecule has 4 heteroatoms. The molecule has 0 aliphatic carbocycles. The van der Waals surface area contributed by atoms with Crippen LogP contribution in [0.2, 0.25) is 4.34 Å². The van der Waals surface area contributed by atoms with Crippen LogP contribution >= 0.6 is 50.5 Å². The molecule has 1 atom stereocenters. The van der Waals surface area contributed by atoms with Crippen LogP contribution in [0, 0.1) is 6.92 Å². The van der Waals surface area contributed by atoms with Crippen molar-refractivity contribution in [3.63, 3.8) is 0 Å². The zero-order valence-corrected chi connectivity index (χ0v) is 12.4. The fraction of sp³-hybridized carbons (Fsp3) is 0.167. The molecule has 1 unspecified atom stereocenters. The van der Waals surface area contributed by atoms with Gasteiger partial charge < -0.3 is 0 Å². The molecule has 0 N–H and O–H groups in total. The summed E-state index contributed by atoms with van der Waals surface area (Å²) >= 11 is 17.4. The van der Waals surface area contributed by atoms with Crippen LogP contribution in [0.15, 0.2) is 34.8 Å². The first-order chi connectivity index (χ1) is 7.58. The SMILES string of the molecule is Cc1cc(C(Cl)c2ccc(Br)cc2)sc1Cl. The van der Waals surface area contributed by atoms with Gasteiger partial charge in [0.1, 0.15) is 0 Å².